The third-order valence-electron chi connectivity index (χ3n) is 4.08. The Bertz CT molecular complexity index is 743. The zero-order chi connectivity index (χ0) is 19.5. The number of nitrogens with one attached hydrogen (secondary N) is 1. The fourth-order valence-electron chi connectivity index (χ4n) is 2.68. The van der Waals surface area contributed by atoms with E-state index in [-0.39, 0.29) is 18.1 Å². The molecule has 0 aliphatic rings. The minimum absolute atomic E-state index is 0.0560. The molecule has 2 rings (SSSR count). The molecule has 1 amide bonds. The summed E-state index contributed by atoms with van der Waals surface area (Å²) in [5, 5.41) is 2.72. The third kappa shape index (κ3) is 7.05. The number of esters is 1. The largest absolute Gasteiger partial charge is 0.449 e. The molecule has 0 saturated carbocycles. The first kappa shape index (κ1) is 20.4. The van der Waals surface area contributed by atoms with Crippen molar-refractivity contribution in [1.29, 1.82) is 0 Å². The molecule has 27 heavy (non-hydrogen) atoms. The number of amides is 1. The summed E-state index contributed by atoms with van der Waals surface area (Å²) >= 11 is 0. The van der Waals surface area contributed by atoms with Crippen molar-refractivity contribution in [2.24, 2.45) is 0 Å². The molecule has 2 aromatic rings. The van der Waals surface area contributed by atoms with Crippen LogP contribution in [-0.2, 0) is 14.3 Å². The topological polar surface area (TPSA) is 72.5 Å². The normalized spacial score (nSPS) is 11.4. The van der Waals surface area contributed by atoms with Gasteiger partial charge in [0.25, 0.3) is 0 Å². The van der Waals surface area contributed by atoms with Crippen molar-refractivity contribution >= 4 is 17.7 Å². The minimum atomic E-state index is -0.944. The molecule has 0 radical (unpaired) electrons. The van der Waals surface area contributed by atoms with Crippen LogP contribution in [0, 0.1) is 0 Å². The molecule has 0 heterocycles. The second-order valence-corrected chi connectivity index (χ2v) is 6.30. The summed E-state index contributed by atoms with van der Waals surface area (Å²) in [7, 11) is 0. The number of rotatable bonds is 10. The highest BCUT2D eigenvalue weighted by Gasteiger charge is 2.25. The molecule has 0 aliphatic carbocycles. The number of Topliss-reactive ketones (excluding diaryl/α,β-unsaturated/α-hetero) is 1. The molecule has 0 bridgehead atoms. The molecule has 5 nitrogen and oxygen atoms in total. The summed E-state index contributed by atoms with van der Waals surface area (Å²) in [5.74, 6) is -0.687. The summed E-state index contributed by atoms with van der Waals surface area (Å²) in [6.45, 7) is 2.08. The van der Waals surface area contributed by atoms with E-state index in [0.29, 0.717) is 24.1 Å². The summed E-state index contributed by atoms with van der Waals surface area (Å²) in [6, 6.07) is 17.9. The van der Waals surface area contributed by atoms with E-state index in [9.17, 15) is 14.4 Å². The quantitative estimate of drug-likeness (QED) is 0.393. The minimum Gasteiger partial charge on any atom is -0.449 e. The highest BCUT2D eigenvalue weighted by atomic mass is 16.5. The van der Waals surface area contributed by atoms with Crippen molar-refractivity contribution in [2.45, 2.75) is 38.7 Å². The Labute approximate surface area is 159 Å². The van der Waals surface area contributed by atoms with Gasteiger partial charge in [0.05, 0.1) is 0 Å². The maximum atomic E-state index is 12.8. The number of ether oxygens (including phenoxy) is 1. The van der Waals surface area contributed by atoms with Crippen LogP contribution >= 0.6 is 0 Å². The first-order chi connectivity index (χ1) is 13.1. The van der Waals surface area contributed by atoms with Crippen LogP contribution < -0.4 is 5.32 Å². The monoisotopic (exact) mass is 367 g/mol. The average molecular weight is 367 g/mol. The van der Waals surface area contributed by atoms with Crippen LogP contribution in [0.5, 0.6) is 0 Å². The third-order valence-corrected chi connectivity index (χ3v) is 4.08. The summed E-state index contributed by atoms with van der Waals surface area (Å²) < 4.78 is 5.54. The lowest BCUT2D eigenvalue weighted by Gasteiger charge is -2.17. The number of hydrogen-bond donors (Lipinski definition) is 1. The number of ketones is 1. The Morgan fingerprint density at radius 2 is 1.52 bits per heavy atom. The van der Waals surface area contributed by atoms with Gasteiger partial charge in [-0.1, -0.05) is 67.1 Å². The van der Waals surface area contributed by atoms with E-state index in [2.05, 4.69) is 5.32 Å². The van der Waals surface area contributed by atoms with E-state index in [0.717, 1.165) is 12.8 Å². The smallest absolute Gasteiger partial charge is 0.306 e. The molecule has 5 heteroatoms. The highest BCUT2D eigenvalue weighted by molar-refractivity contribution is 6.00. The number of benzene rings is 2. The molecule has 1 atom stereocenters. The van der Waals surface area contributed by atoms with Crippen molar-refractivity contribution in [2.75, 3.05) is 6.54 Å². The molecule has 0 aromatic heterocycles. The van der Waals surface area contributed by atoms with Gasteiger partial charge in [-0.15, -0.1) is 0 Å². The average Bonchev–Trinajstić information content (AvgIpc) is 2.69. The second-order valence-electron chi connectivity index (χ2n) is 6.30. The standard InChI is InChI=1S/C22H25NO4/c1-17(24)23-16-10-4-9-15-20(25)27-22(19-13-7-3-8-14-19)21(26)18-11-5-2-6-12-18/h2-3,5-8,11-14,22H,4,9-10,15-16H2,1H3,(H,23,24). The summed E-state index contributed by atoms with van der Waals surface area (Å²) in [5.41, 5.74) is 1.17. The van der Waals surface area contributed by atoms with Crippen LogP contribution in [0.1, 0.15) is 54.6 Å². The lowest BCUT2D eigenvalue weighted by atomic mass is 10.00. The van der Waals surface area contributed by atoms with Crippen LogP contribution in [0.3, 0.4) is 0 Å². The molecule has 0 saturated heterocycles. The number of carbonyl (C=O) groups is 3. The Morgan fingerprint density at radius 1 is 0.889 bits per heavy atom. The van der Waals surface area contributed by atoms with Crippen LogP contribution in [0.25, 0.3) is 0 Å². The van der Waals surface area contributed by atoms with Gasteiger partial charge in [0.2, 0.25) is 11.7 Å². The molecule has 142 valence electrons. The lowest BCUT2D eigenvalue weighted by molar-refractivity contribution is -0.147. The van der Waals surface area contributed by atoms with Gasteiger partial charge in [-0.3, -0.25) is 14.4 Å². The van der Waals surface area contributed by atoms with Crippen LogP contribution in [0.4, 0.5) is 0 Å². The molecular weight excluding hydrogens is 342 g/mol. The number of carbonyl (C=O) groups excluding carboxylic acids is 3. The van der Waals surface area contributed by atoms with Gasteiger partial charge in [0.15, 0.2) is 6.10 Å². The van der Waals surface area contributed by atoms with Gasteiger partial charge in [0.1, 0.15) is 0 Å². The molecule has 1 N–H and O–H groups in total. The Balaban J connectivity index is 1.93. The van der Waals surface area contributed by atoms with Crippen molar-refractivity contribution in [3.8, 4) is 0 Å². The van der Waals surface area contributed by atoms with Crippen LogP contribution in [0.2, 0.25) is 0 Å². The molecule has 2 aromatic carbocycles. The zero-order valence-corrected chi connectivity index (χ0v) is 15.5. The second kappa shape index (κ2) is 10.9. The van der Waals surface area contributed by atoms with E-state index < -0.39 is 12.1 Å². The van der Waals surface area contributed by atoms with Crippen LogP contribution in [-0.4, -0.2) is 24.2 Å². The Kier molecular flexibility index (Phi) is 8.23. The fourth-order valence-corrected chi connectivity index (χ4v) is 2.68. The molecule has 0 aliphatic heterocycles. The highest BCUT2D eigenvalue weighted by Crippen LogP contribution is 2.23. The van der Waals surface area contributed by atoms with Gasteiger partial charge in [-0.25, -0.2) is 0 Å². The van der Waals surface area contributed by atoms with Gasteiger partial charge in [0, 0.05) is 31.0 Å². The van der Waals surface area contributed by atoms with E-state index in [1.807, 2.05) is 24.3 Å². The van der Waals surface area contributed by atoms with E-state index >= 15 is 0 Å². The summed E-state index contributed by atoms with van der Waals surface area (Å²) in [4.78, 5) is 35.9. The fraction of sp³-hybridized carbons (Fsp3) is 0.318. The Hall–Kier alpha value is -2.95. The molecular formula is C22H25NO4. The number of unbranched alkanes of at least 4 members (excludes halogenated alkanes) is 2. The first-order valence-corrected chi connectivity index (χ1v) is 9.16. The predicted octanol–water partition coefficient (Wildman–Crippen LogP) is 3.85. The van der Waals surface area contributed by atoms with Gasteiger partial charge in [-0.05, 0) is 12.8 Å². The lowest BCUT2D eigenvalue weighted by Crippen LogP contribution is -2.21. The molecule has 1 unspecified atom stereocenters. The predicted molar refractivity (Wildman–Crippen MR) is 103 cm³/mol. The van der Waals surface area contributed by atoms with Gasteiger partial charge >= 0.3 is 5.97 Å². The van der Waals surface area contributed by atoms with Crippen molar-refractivity contribution in [1.82, 2.24) is 5.32 Å². The van der Waals surface area contributed by atoms with Crippen molar-refractivity contribution in [3.05, 3.63) is 71.8 Å². The van der Waals surface area contributed by atoms with Crippen molar-refractivity contribution < 1.29 is 19.1 Å². The van der Waals surface area contributed by atoms with E-state index in [1.54, 1.807) is 36.4 Å². The maximum absolute atomic E-state index is 12.8. The molecule has 0 fully saturated rings. The number of hydrogen-bond acceptors (Lipinski definition) is 4. The van der Waals surface area contributed by atoms with E-state index in [4.69, 9.17) is 4.74 Å². The SMILES string of the molecule is CC(=O)NCCCCCC(=O)OC(C(=O)c1ccccc1)c1ccccc1. The van der Waals surface area contributed by atoms with Gasteiger partial charge in [-0.2, -0.15) is 0 Å². The summed E-state index contributed by atoms with van der Waals surface area (Å²) in [6.07, 6.45) is 1.56. The van der Waals surface area contributed by atoms with Crippen molar-refractivity contribution in [3.63, 3.8) is 0 Å². The zero-order valence-electron chi connectivity index (χ0n) is 15.5. The van der Waals surface area contributed by atoms with Crippen LogP contribution in [0.15, 0.2) is 60.7 Å². The maximum Gasteiger partial charge on any atom is 0.306 e. The van der Waals surface area contributed by atoms with E-state index in [1.165, 1.54) is 6.92 Å². The molecule has 0 spiro atoms. The van der Waals surface area contributed by atoms with Gasteiger partial charge < -0.3 is 10.1 Å². The Morgan fingerprint density at radius 3 is 2.15 bits per heavy atom. The first-order valence-electron chi connectivity index (χ1n) is 9.16.